The molecule has 0 atom stereocenters. The fourth-order valence-electron chi connectivity index (χ4n) is 1.70. The number of hydrogen-bond acceptors (Lipinski definition) is 3. The van der Waals surface area contributed by atoms with E-state index >= 15 is 0 Å². The van der Waals surface area contributed by atoms with Crippen LogP contribution in [0.1, 0.15) is 23.7 Å². The zero-order chi connectivity index (χ0) is 13.3. The summed E-state index contributed by atoms with van der Waals surface area (Å²) in [7, 11) is 1.86. The van der Waals surface area contributed by atoms with Gasteiger partial charge in [0.1, 0.15) is 9.77 Å². The lowest BCUT2D eigenvalue weighted by atomic mass is 10.0. The van der Waals surface area contributed by atoms with E-state index in [4.69, 9.17) is 5.26 Å². The van der Waals surface area contributed by atoms with Crippen LogP contribution in [0.4, 0.5) is 0 Å². The highest BCUT2D eigenvalue weighted by molar-refractivity contribution is 14.1. The largest absolute Gasteiger partial charge is 0.274 e. The van der Waals surface area contributed by atoms with Crippen LogP contribution in [0.5, 0.6) is 0 Å². The molecule has 5 nitrogen and oxygen atoms in total. The third-order valence-electron chi connectivity index (χ3n) is 2.63. The molecule has 0 aliphatic rings. The normalized spacial score (nSPS) is 10.3. The summed E-state index contributed by atoms with van der Waals surface area (Å²) in [5.74, 6) is 0. The van der Waals surface area contributed by atoms with Crippen LogP contribution in [-0.4, -0.2) is 19.6 Å². The third kappa shape index (κ3) is 2.18. The second-order valence-corrected chi connectivity index (χ2v) is 4.87. The topological polar surface area (TPSA) is 59.4 Å². The Morgan fingerprint density at radius 2 is 2.17 bits per heavy atom. The SMILES string of the molecule is C=C(c1cn(C)nc1I)c1cn(CC)nc1C#N. The fourth-order valence-corrected chi connectivity index (χ4v) is 2.50. The average molecular weight is 353 g/mol. The lowest BCUT2D eigenvalue weighted by Crippen LogP contribution is -1.93. The zero-order valence-electron chi connectivity index (χ0n) is 10.2. The van der Waals surface area contributed by atoms with Gasteiger partial charge in [0, 0.05) is 37.1 Å². The number of aromatic nitrogens is 4. The molecule has 0 spiro atoms. The molecule has 2 heterocycles. The highest BCUT2D eigenvalue weighted by Gasteiger charge is 2.16. The van der Waals surface area contributed by atoms with Crippen molar-refractivity contribution in [3.8, 4) is 6.07 Å². The monoisotopic (exact) mass is 353 g/mol. The summed E-state index contributed by atoms with van der Waals surface area (Å²) in [5.41, 5.74) is 2.89. The summed E-state index contributed by atoms with van der Waals surface area (Å²) in [6.07, 6.45) is 3.75. The van der Waals surface area contributed by atoms with Crippen molar-refractivity contribution in [3.63, 3.8) is 0 Å². The first-order valence-corrected chi connectivity index (χ1v) is 6.51. The van der Waals surface area contributed by atoms with Crippen LogP contribution in [0.15, 0.2) is 19.0 Å². The molecule has 2 rings (SSSR count). The summed E-state index contributed by atoms with van der Waals surface area (Å²) in [5, 5.41) is 17.6. The highest BCUT2D eigenvalue weighted by atomic mass is 127. The molecule has 0 radical (unpaired) electrons. The van der Waals surface area contributed by atoms with E-state index in [0.29, 0.717) is 5.69 Å². The van der Waals surface area contributed by atoms with Crippen molar-refractivity contribution in [2.75, 3.05) is 0 Å². The van der Waals surface area contributed by atoms with Gasteiger partial charge in [-0.1, -0.05) is 6.58 Å². The summed E-state index contributed by atoms with van der Waals surface area (Å²) in [6, 6.07) is 2.10. The van der Waals surface area contributed by atoms with E-state index in [-0.39, 0.29) is 0 Å². The Morgan fingerprint density at radius 1 is 1.44 bits per heavy atom. The maximum absolute atomic E-state index is 9.11. The molecule has 18 heavy (non-hydrogen) atoms. The fraction of sp³-hybridized carbons (Fsp3) is 0.250. The number of aryl methyl sites for hydroxylation is 2. The van der Waals surface area contributed by atoms with Crippen molar-refractivity contribution in [3.05, 3.63) is 39.5 Å². The zero-order valence-corrected chi connectivity index (χ0v) is 12.3. The van der Waals surface area contributed by atoms with E-state index in [0.717, 1.165) is 26.9 Å². The van der Waals surface area contributed by atoms with Crippen LogP contribution in [0.25, 0.3) is 5.57 Å². The minimum absolute atomic E-state index is 0.404. The third-order valence-corrected chi connectivity index (χ3v) is 3.42. The lowest BCUT2D eigenvalue weighted by molar-refractivity contribution is 0.657. The quantitative estimate of drug-likeness (QED) is 0.795. The summed E-state index contributed by atoms with van der Waals surface area (Å²) in [6.45, 7) is 6.77. The van der Waals surface area contributed by atoms with Gasteiger partial charge in [-0.15, -0.1) is 0 Å². The average Bonchev–Trinajstić information content (AvgIpc) is 2.91. The van der Waals surface area contributed by atoms with Gasteiger partial charge in [-0.2, -0.15) is 15.5 Å². The highest BCUT2D eigenvalue weighted by Crippen LogP contribution is 2.26. The van der Waals surface area contributed by atoms with Crippen LogP contribution < -0.4 is 0 Å². The summed E-state index contributed by atoms with van der Waals surface area (Å²) >= 11 is 2.16. The van der Waals surface area contributed by atoms with Gasteiger partial charge in [0.15, 0.2) is 5.69 Å². The Hall–Kier alpha value is -1.62. The minimum Gasteiger partial charge on any atom is -0.274 e. The molecule has 2 aromatic heterocycles. The number of hydrogen-bond donors (Lipinski definition) is 0. The van der Waals surface area contributed by atoms with Gasteiger partial charge < -0.3 is 0 Å². The molecule has 0 amide bonds. The second-order valence-electron chi connectivity index (χ2n) is 3.84. The van der Waals surface area contributed by atoms with Crippen molar-refractivity contribution in [1.82, 2.24) is 19.6 Å². The van der Waals surface area contributed by atoms with E-state index in [1.54, 1.807) is 9.36 Å². The van der Waals surface area contributed by atoms with Crippen LogP contribution in [-0.2, 0) is 13.6 Å². The van der Waals surface area contributed by atoms with E-state index in [1.165, 1.54) is 0 Å². The Labute approximate surface area is 119 Å². The molecule has 6 heteroatoms. The summed E-state index contributed by atoms with van der Waals surface area (Å²) < 4.78 is 4.34. The summed E-state index contributed by atoms with van der Waals surface area (Å²) in [4.78, 5) is 0. The predicted octanol–water partition coefficient (Wildman–Crippen LogP) is 2.17. The first-order valence-electron chi connectivity index (χ1n) is 5.43. The number of nitriles is 1. The van der Waals surface area contributed by atoms with Crippen molar-refractivity contribution in [2.45, 2.75) is 13.5 Å². The second kappa shape index (κ2) is 4.94. The molecule has 0 unspecified atom stereocenters. The molecule has 0 N–H and O–H groups in total. The molecule has 0 saturated heterocycles. The lowest BCUT2D eigenvalue weighted by Gasteiger charge is -2.00. The predicted molar refractivity (Wildman–Crippen MR) is 76.7 cm³/mol. The number of nitrogens with zero attached hydrogens (tertiary/aromatic N) is 5. The van der Waals surface area contributed by atoms with Crippen molar-refractivity contribution in [2.24, 2.45) is 7.05 Å². The minimum atomic E-state index is 0.404. The Morgan fingerprint density at radius 3 is 2.67 bits per heavy atom. The standard InChI is InChI=1S/C12H12IN5/c1-4-18-7-9(11(5-14)15-18)8(2)10-6-17(3)16-12(10)13/h6-7H,2,4H2,1,3H3. The number of rotatable bonds is 3. The van der Waals surface area contributed by atoms with Gasteiger partial charge in [-0.3, -0.25) is 9.36 Å². The molecule has 0 saturated carbocycles. The maximum atomic E-state index is 9.11. The molecule has 0 aliphatic carbocycles. The van der Waals surface area contributed by atoms with Crippen LogP contribution in [0, 0.1) is 15.0 Å². The molecule has 0 aliphatic heterocycles. The smallest absolute Gasteiger partial charge is 0.170 e. The molecule has 0 aromatic carbocycles. The molecule has 0 fully saturated rings. The number of halogens is 1. The molecule has 0 bridgehead atoms. The van der Waals surface area contributed by atoms with Gasteiger partial charge in [0.05, 0.1) is 0 Å². The van der Waals surface area contributed by atoms with Gasteiger partial charge in [-0.05, 0) is 35.1 Å². The van der Waals surface area contributed by atoms with Gasteiger partial charge in [0.2, 0.25) is 0 Å². The van der Waals surface area contributed by atoms with E-state index < -0.39 is 0 Å². The maximum Gasteiger partial charge on any atom is 0.170 e. The Bertz CT molecular complexity index is 644. The van der Waals surface area contributed by atoms with E-state index in [2.05, 4.69) is 45.4 Å². The van der Waals surface area contributed by atoms with Crippen molar-refractivity contribution in [1.29, 1.82) is 5.26 Å². The first kappa shape index (κ1) is 12.8. The van der Waals surface area contributed by atoms with Crippen LogP contribution in [0.2, 0.25) is 0 Å². The Kier molecular flexibility index (Phi) is 3.52. The van der Waals surface area contributed by atoms with Crippen LogP contribution in [0.3, 0.4) is 0 Å². The van der Waals surface area contributed by atoms with Gasteiger partial charge in [-0.25, -0.2) is 0 Å². The van der Waals surface area contributed by atoms with Crippen molar-refractivity contribution < 1.29 is 0 Å². The van der Waals surface area contributed by atoms with E-state index in [9.17, 15) is 0 Å². The molecule has 92 valence electrons. The molecule has 2 aromatic rings. The van der Waals surface area contributed by atoms with Gasteiger partial charge in [0.25, 0.3) is 0 Å². The Balaban J connectivity index is 2.49. The first-order chi connectivity index (χ1) is 8.56. The van der Waals surface area contributed by atoms with Crippen LogP contribution >= 0.6 is 22.6 Å². The molecular weight excluding hydrogens is 341 g/mol. The molecular formula is C12H12IN5. The van der Waals surface area contributed by atoms with Crippen molar-refractivity contribution >= 4 is 28.2 Å². The van der Waals surface area contributed by atoms with E-state index in [1.807, 2.05) is 26.4 Å². The van der Waals surface area contributed by atoms with Gasteiger partial charge >= 0.3 is 0 Å².